The first kappa shape index (κ1) is 13.8. The van der Waals surface area contributed by atoms with Crippen LogP contribution in [0.25, 0.3) is 0 Å². The van der Waals surface area contributed by atoms with Crippen LogP contribution in [0.5, 0.6) is 0 Å². The first-order chi connectivity index (χ1) is 9.16. The largest absolute Gasteiger partial charge is 0.479 e. The molecule has 0 spiro atoms. The van der Waals surface area contributed by atoms with Crippen molar-refractivity contribution in [1.29, 1.82) is 0 Å². The summed E-state index contributed by atoms with van der Waals surface area (Å²) in [6, 6.07) is 2.17. The van der Waals surface area contributed by atoms with Gasteiger partial charge in [0, 0.05) is 10.9 Å². The van der Waals surface area contributed by atoms with Gasteiger partial charge in [0.2, 0.25) is 0 Å². The topological polar surface area (TPSA) is 90.5 Å². The van der Waals surface area contributed by atoms with Crippen molar-refractivity contribution in [2.24, 2.45) is 0 Å². The summed E-state index contributed by atoms with van der Waals surface area (Å²) in [4.78, 5) is 23.6. The third-order valence-electron chi connectivity index (χ3n) is 3.02. The third-order valence-corrected chi connectivity index (χ3v) is 3.96. The Bertz CT molecular complexity index is 429. The van der Waals surface area contributed by atoms with Crippen molar-refractivity contribution < 1.29 is 14.7 Å². The molecular formula is C12H17N3O3S. The number of piperidine rings is 1. The maximum absolute atomic E-state index is 11.8. The molecule has 4 N–H and O–H groups in total. The Kier molecular flexibility index (Phi) is 4.75. The molecule has 0 saturated carbocycles. The van der Waals surface area contributed by atoms with Gasteiger partial charge in [-0.05, 0) is 37.4 Å². The van der Waals surface area contributed by atoms with Gasteiger partial charge < -0.3 is 21.1 Å². The summed E-state index contributed by atoms with van der Waals surface area (Å²) >= 11 is 1.31. The summed E-state index contributed by atoms with van der Waals surface area (Å²) in [6.07, 6.45) is 1.73. The Morgan fingerprint density at radius 3 is 2.74 bits per heavy atom. The lowest BCUT2D eigenvalue weighted by Gasteiger charge is -2.24. The van der Waals surface area contributed by atoms with Gasteiger partial charge in [0.05, 0.1) is 0 Å². The van der Waals surface area contributed by atoms with E-state index in [1.807, 2.05) is 0 Å². The van der Waals surface area contributed by atoms with Gasteiger partial charge in [0.25, 0.3) is 0 Å². The zero-order valence-electron chi connectivity index (χ0n) is 10.4. The van der Waals surface area contributed by atoms with Crippen molar-refractivity contribution in [2.75, 3.05) is 13.1 Å². The Morgan fingerprint density at radius 1 is 1.42 bits per heavy atom. The average Bonchev–Trinajstić information content (AvgIpc) is 2.90. The van der Waals surface area contributed by atoms with Gasteiger partial charge in [-0.3, -0.25) is 0 Å². The number of nitrogens with one attached hydrogen (secondary N) is 3. The van der Waals surface area contributed by atoms with Crippen LogP contribution in [-0.4, -0.2) is 36.2 Å². The van der Waals surface area contributed by atoms with Crippen molar-refractivity contribution in [2.45, 2.75) is 24.9 Å². The van der Waals surface area contributed by atoms with Crippen molar-refractivity contribution in [3.05, 3.63) is 22.4 Å². The molecule has 0 bridgehead atoms. The van der Waals surface area contributed by atoms with Crippen molar-refractivity contribution in [1.82, 2.24) is 16.0 Å². The van der Waals surface area contributed by atoms with E-state index in [0.29, 0.717) is 4.88 Å². The molecule has 1 aliphatic rings. The van der Waals surface area contributed by atoms with Crippen LogP contribution in [0, 0.1) is 0 Å². The fourth-order valence-electron chi connectivity index (χ4n) is 2.03. The molecule has 6 nitrogen and oxygen atoms in total. The molecule has 1 aromatic rings. The van der Waals surface area contributed by atoms with Crippen molar-refractivity contribution in [3.8, 4) is 0 Å². The quantitative estimate of drug-likeness (QED) is 0.661. The van der Waals surface area contributed by atoms with Crippen molar-refractivity contribution >= 4 is 23.3 Å². The van der Waals surface area contributed by atoms with E-state index in [1.54, 1.807) is 17.5 Å². The molecule has 0 aliphatic carbocycles. The number of carboxylic acids is 1. The number of carboxylic acid groups (broad SMARTS) is 1. The second kappa shape index (κ2) is 6.53. The summed E-state index contributed by atoms with van der Waals surface area (Å²) in [5.41, 5.74) is 0. The van der Waals surface area contributed by atoms with Crippen LogP contribution in [0.2, 0.25) is 0 Å². The lowest BCUT2D eigenvalue weighted by molar-refractivity contribution is -0.139. The molecule has 19 heavy (non-hydrogen) atoms. The van der Waals surface area contributed by atoms with Crippen LogP contribution in [-0.2, 0) is 4.79 Å². The number of carbonyl (C=O) groups is 2. The molecule has 104 valence electrons. The van der Waals surface area contributed by atoms with E-state index < -0.39 is 18.0 Å². The Hall–Kier alpha value is -1.60. The third kappa shape index (κ3) is 3.93. The minimum atomic E-state index is -1.05. The van der Waals surface area contributed by atoms with Crippen LogP contribution in [0.15, 0.2) is 17.5 Å². The normalized spacial score (nSPS) is 17.7. The fourth-order valence-corrected chi connectivity index (χ4v) is 2.80. The molecule has 2 heterocycles. The number of aliphatic carboxylic acids is 1. The molecule has 0 aromatic carbocycles. The molecule has 0 radical (unpaired) electrons. The number of carbonyl (C=O) groups excluding carboxylic acids is 1. The number of urea groups is 1. The van der Waals surface area contributed by atoms with Crippen LogP contribution < -0.4 is 16.0 Å². The van der Waals surface area contributed by atoms with E-state index in [9.17, 15) is 9.59 Å². The monoisotopic (exact) mass is 283 g/mol. The maximum Gasteiger partial charge on any atom is 0.331 e. The molecule has 1 aliphatic heterocycles. The van der Waals surface area contributed by atoms with E-state index in [0.717, 1.165) is 25.9 Å². The summed E-state index contributed by atoms with van der Waals surface area (Å²) in [6.45, 7) is 1.75. The van der Waals surface area contributed by atoms with E-state index in [-0.39, 0.29) is 6.04 Å². The standard InChI is InChI=1S/C12H17N3O3S/c16-11(17)10(9-2-1-7-19-9)15-12(18)14-8-3-5-13-6-4-8/h1-2,7-8,10,13H,3-6H2,(H,16,17)(H2,14,15,18). The van der Waals surface area contributed by atoms with Gasteiger partial charge in [-0.2, -0.15) is 0 Å². The molecule has 2 amide bonds. The number of hydrogen-bond donors (Lipinski definition) is 4. The molecule has 2 rings (SSSR count). The highest BCUT2D eigenvalue weighted by Gasteiger charge is 2.24. The van der Waals surface area contributed by atoms with Crippen LogP contribution >= 0.6 is 11.3 Å². The minimum absolute atomic E-state index is 0.110. The average molecular weight is 283 g/mol. The van der Waals surface area contributed by atoms with Gasteiger partial charge >= 0.3 is 12.0 Å². The summed E-state index contributed by atoms with van der Waals surface area (Å²) in [5.74, 6) is -1.05. The van der Waals surface area contributed by atoms with E-state index in [2.05, 4.69) is 16.0 Å². The zero-order valence-corrected chi connectivity index (χ0v) is 11.2. The first-order valence-corrected chi connectivity index (χ1v) is 7.08. The second-order valence-corrected chi connectivity index (χ2v) is 5.41. The SMILES string of the molecule is O=C(NC1CCNCC1)NC(C(=O)O)c1cccs1. The smallest absolute Gasteiger partial charge is 0.331 e. The molecule has 1 fully saturated rings. The van der Waals surface area contributed by atoms with Crippen LogP contribution in [0.4, 0.5) is 4.79 Å². The number of thiophene rings is 1. The highest BCUT2D eigenvalue weighted by atomic mass is 32.1. The summed E-state index contributed by atoms with van der Waals surface area (Å²) in [5, 5.41) is 19.5. The molecule has 1 atom stereocenters. The highest BCUT2D eigenvalue weighted by molar-refractivity contribution is 7.10. The number of rotatable bonds is 4. The summed E-state index contributed by atoms with van der Waals surface area (Å²) in [7, 11) is 0. The predicted octanol–water partition coefficient (Wildman–Crippen LogP) is 0.925. The van der Waals surface area contributed by atoms with Gasteiger partial charge in [-0.15, -0.1) is 11.3 Å². The number of hydrogen-bond acceptors (Lipinski definition) is 4. The minimum Gasteiger partial charge on any atom is -0.479 e. The maximum atomic E-state index is 11.8. The Labute approximate surface area is 115 Å². The van der Waals surface area contributed by atoms with Gasteiger partial charge in [0.15, 0.2) is 6.04 Å². The van der Waals surface area contributed by atoms with Crippen LogP contribution in [0.1, 0.15) is 23.8 Å². The molecule has 1 aromatic heterocycles. The van der Waals surface area contributed by atoms with E-state index in [4.69, 9.17) is 5.11 Å². The number of amides is 2. The molecular weight excluding hydrogens is 266 g/mol. The lowest BCUT2D eigenvalue weighted by Crippen LogP contribution is -2.48. The molecule has 7 heteroatoms. The Balaban J connectivity index is 1.90. The van der Waals surface area contributed by atoms with Crippen molar-refractivity contribution in [3.63, 3.8) is 0 Å². The van der Waals surface area contributed by atoms with Crippen LogP contribution in [0.3, 0.4) is 0 Å². The summed E-state index contributed by atoms with van der Waals surface area (Å²) < 4.78 is 0. The lowest BCUT2D eigenvalue weighted by atomic mass is 10.1. The molecule has 1 unspecified atom stereocenters. The van der Waals surface area contributed by atoms with E-state index >= 15 is 0 Å². The second-order valence-electron chi connectivity index (χ2n) is 4.43. The first-order valence-electron chi connectivity index (χ1n) is 6.21. The zero-order chi connectivity index (χ0) is 13.7. The fraction of sp³-hybridized carbons (Fsp3) is 0.500. The predicted molar refractivity (Wildman–Crippen MR) is 72.3 cm³/mol. The van der Waals surface area contributed by atoms with Gasteiger partial charge in [0.1, 0.15) is 0 Å². The molecule has 1 saturated heterocycles. The van der Waals surface area contributed by atoms with Gasteiger partial charge in [-0.1, -0.05) is 6.07 Å². The van der Waals surface area contributed by atoms with E-state index in [1.165, 1.54) is 11.3 Å². The Morgan fingerprint density at radius 2 is 2.16 bits per heavy atom. The highest BCUT2D eigenvalue weighted by Crippen LogP contribution is 2.19. The van der Waals surface area contributed by atoms with Gasteiger partial charge in [-0.25, -0.2) is 9.59 Å².